The summed E-state index contributed by atoms with van der Waals surface area (Å²) in [6.45, 7) is 11.7. The molecule has 6 rings (SSSR count). The third kappa shape index (κ3) is 5.80. The molecule has 12 heteroatoms. The summed E-state index contributed by atoms with van der Waals surface area (Å²) >= 11 is 0. The molecule has 5 aliphatic heterocycles. The van der Waals surface area contributed by atoms with Crippen molar-refractivity contribution in [2.75, 3.05) is 76.9 Å². The SMILES string of the molecule is C[C@H]1CNCCN1CC(=O)N1CCC(CN2CCN(c3ccc4c(c3)C(=O)N(C3CCC(=O)NC3=O)C4=O)CC2)CC1. The van der Waals surface area contributed by atoms with Crippen LogP contribution < -0.4 is 15.5 Å². The van der Waals surface area contributed by atoms with Crippen LogP contribution in [0.15, 0.2) is 18.2 Å². The molecular weight excluding hydrogens is 538 g/mol. The summed E-state index contributed by atoms with van der Waals surface area (Å²) in [4.78, 5) is 73.0. The van der Waals surface area contributed by atoms with Crippen LogP contribution in [0.3, 0.4) is 0 Å². The van der Waals surface area contributed by atoms with Crippen molar-refractivity contribution < 1.29 is 24.0 Å². The first-order valence-corrected chi connectivity index (χ1v) is 15.3. The van der Waals surface area contributed by atoms with Gasteiger partial charge in [-0.05, 0) is 50.3 Å². The number of carbonyl (C=O) groups is 5. The van der Waals surface area contributed by atoms with Gasteiger partial charge in [-0.15, -0.1) is 0 Å². The highest BCUT2D eigenvalue weighted by molar-refractivity contribution is 6.23. The van der Waals surface area contributed by atoms with Gasteiger partial charge in [0.25, 0.3) is 11.8 Å². The van der Waals surface area contributed by atoms with Crippen molar-refractivity contribution in [3.05, 3.63) is 29.3 Å². The van der Waals surface area contributed by atoms with E-state index in [2.05, 4.69) is 32.3 Å². The van der Waals surface area contributed by atoms with Crippen LogP contribution in [0.1, 0.15) is 53.3 Å². The Morgan fingerprint density at radius 1 is 0.905 bits per heavy atom. The van der Waals surface area contributed by atoms with E-state index in [-0.39, 0.29) is 24.7 Å². The maximum atomic E-state index is 13.2. The van der Waals surface area contributed by atoms with Crippen LogP contribution in [0, 0.1) is 5.92 Å². The number of anilines is 1. The minimum atomic E-state index is -0.956. The Hall–Kier alpha value is -3.35. The van der Waals surface area contributed by atoms with Crippen LogP contribution in [-0.2, 0) is 14.4 Å². The lowest BCUT2D eigenvalue weighted by Gasteiger charge is -2.40. The maximum absolute atomic E-state index is 13.2. The van der Waals surface area contributed by atoms with Crippen molar-refractivity contribution in [2.45, 2.75) is 44.7 Å². The van der Waals surface area contributed by atoms with E-state index in [9.17, 15) is 24.0 Å². The summed E-state index contributed by atoms with van der Waals surface area (Å²) in [5, 5.41) is 5.62. The first-order chi connectivity index (χ1) is 20.3. The highest BCUT2D eigenvalue weighted by Gasteiger charge is 2.44. The van der Waals surface area contributed by atoms with Crippen molar-refractivity contribution >= 4 is 35.2 Å². The minimum absolute atomic E-state index is 0.104. The van der Waals surface area contributed by atoms with E-state index < -0.39 is 23.8 Å². The number of hydrogen-bond donors (Lipinski definition) is 2. The number of imide groups is 2. The molecule has 0 spiro atoms. The van der Waals surface area contributed by atoms with E-state index in [1.807, 2.05) is 11.0 Å². The van der Waals surface area contributed by atoms with Gasteiger partial charge in [0.15, 0.2) is 0 Å². The smallest absolute Gasteiger partial charge is 0.262 e. The lowest BCUT2D eigenvalue weighted by atomic mass is 9.95. The maximum Gasteiger partial charge on any atom is 0.262 e. The van der Waals surface area contributed by atoms with Gasteiger partial charge in [-0.25, -0.2) is 0 Å². The lowest BCUT2D eigenvalue weighted by Crippen LogP contribution is -2.54. The largest absolute Gasteiger partial charge is 0.369 e. The summed E-state index contributed by atoms with van der Waals surface area (Å²) in [7, 11) is 0. The summed E-state index contributed by atoms with van der Waals surface area (Å²) in [5.41, 5.74) is 1.52. The summed E-state index contributed by atoms with van der Waals surface area (Å²) in [5.74, 6) is -1.10. The van der Waals surface area contributed by atoms with Gasteiger partial charge in [-0.2, -0.15) is 0 Å². The molecule has 5 aliphatic rings. The normalized spacial score (nSPS) is 26.5. The standard InChI is InChI=1S/C30H41N7O5/c1-20-17-31-8-11-36(20)19-27(39)35-9-6-21(7-10-35)18-33-12-14-34(15-13-33)22-2-3-23-24(16-22)30(42)37(29(23)41)25-4-5-26(38)32-28(25)40/h2-3,16,20-21,25,31H,4-15,17-19H2,1H3,(H,32,38,40)/t20-,25?/m0/s1. The molecule has 0 aromatic heterocycles. The Balaban J connectivity index is 0.977. The monoisotopic (exact) mass is 579 g/mol. The van der Waals surface area contributed by atoms with E-state index >= 15 is 0 Å². The summed E-state index contributed by atoms with van der Waals surface area (Å²) in [6, 6.07) is 4.77. The Labute approximate surface area is 246 Å². The van der Waals surface area contributed by atoms with Gasteiger partial charge < -0.3 is 15.1 Å². The molecule has 2 atom stereocenters. The molecule has 1 unspecified atom stereocenters. The number of benzene rings is 1. The number of hydrogen-bond acceptors (Lipinski definition) is 9. The molecular formula is C30H41N7O5. The van der Waals surface area contributed by atoms with Crippen LogP contribution in [0.2, 0.25) is 0 Å². The highest BCUT2D eigenvalue weighted by Crippen LogP contribution is 2.31. The molecule has 0 bridgehead atoms. The second kappa shape index (κ2) is 12.1. The first kappa shape index (κ1) is 28.8. The molecule has 5 amide bonds. The van der Waals surface area contributed by atoms with E-state index in [0.717, 1.165) is 88.9 Å². The number of piperazine rings is 2. The van der Waals surface area contributed by atoms with Gasteiger partial charge in [0.2, 0.25) is 17.7 Å². The third-order valence-electron chi connectivity index (χ3n) is 9.62. The molecule has 0 radical (unpaired) electrons. The summed E-state index contributed by atoms with van der Waals surface area (Å²) in [6.07, 6.45) is 2.32. The first-order valence-electron chi connectivity index (χ1n) is 15.3. The van der Waals surface area contributed by atoms with Crippen LogP contribution in [0.5, 0.6) is 0 Å². The Bertz CT molecular complexity index is 1250. The molecule has 1 aromatic carbocycles. The van der Waals surface area contributed by atoms with Gasteiger partial charge in [-0.3, -0.25) is 44.0 Å². The highest BCUT2D eigenvalue weighted by atomic mass is 16.2. The number of fused-ring (bicyclic) bond motifs is 1. The van der Waals surface area contributed by atoms with Crippen molar-refractivity contribution in [1.82, 2.24) is 30.2 Å². The average Bonchev–Trinajstić information content (AvgIpc) is 3.24. The fraction of sp³-hybridized carbons (Fsp3) is 0.633. The van der Waals surface area contributed by atoms with E-state index in [1.54, 1.807) is 12.1 Å². The molecule has 4 saturated heterocycles. The zero-order valence-corrected chi connectivity index (χ0v) is 24.3. The van der Waals surface area contributed by atoms with Gasteiger partial charge in [0.05, 0.1) is 17.7 Å². The van der Waals surface area contributed by atoms with Gasteiger partial charge >= 0.3 is 0 Å². The Morgan fingerprint density at radius 3 is 2.36 bits per heavy atom. The molecule has 0 aliphatic carbocycles. The van der Waals surface area contributed by atoms with Gasteiger partial charge in [-0.1, -0.05) is 0 Å². The molecule has 1 aromatic rings. The fourth-order valence-electron chi connectivity index (χ4n) is 6.97. The van der Waals surface area contributed by atoms with E-state index in [1.165, 1.54) is 0 Å². The number of carbonyl (C=O) groups excluding carboxylic acids is 5. The number of nitrogens with zero attached hydrogens (tertiary/aromatic N) is 5. The van der Waals surface area contributed by atoms with Crippen molar-refractivity contribution in [1.29, 1.82) is 0 Å². The predicted octanol–water partition coefficient (Wildman–Crippen LogP) is -0.258. The van der Waals surface area contributed by atoms with Crippen LogP contribution >= 0.6 is 0 Å². The number of likely N-dealkylation sites (tertiary alicyclic amines) is 1. The van der Waals surface area contributed by atoms with E-state index in [0.29, 0.717) is 29.6 Å². The zero-order valence-electron chi connectivity index (χ0n) is 24.3. The Kier molecular flexibility index (Phi) is 8.28. The number of nitrogens with one attached hydrogen (secondary N) is 2. The Morgan fingerprint density at radius 2 is 1.64 bits per heavy atom. The third-order valence-corrected chi connectivity index (χ3v) is 9.62. The zero-order chi connectivity index (χ0) is 29.4. The second-order valence-corrected chi connectivity index (χ2v) is 12.3. The van der Waals surface area contributed by atoms with Crippen molar-refractivity contribution in [2.24, 2.45) is 5.92 Å². The fourth-order valence-corrected chi connectivity index (χ4v) is 6.97. The quantitative estimate of drug-likeness (QED) is 0.439. The molecule has 12 nitrogen and oxygen atoms in total. The molecule has 0 saturated carbocycles. The van der Waals surface area contributed by atoms with Gasteiger partial charge in [0, 0.05) is 83.6 Å². The van der Waals surface area contributed by atoms with Crippen LogP contribution in [0.4, 0.5) is 5.69 Å². The van der Waals surface area contributed by atoms with Crippen LogP contribution in [0.25, 0.3) is 0 Å². The number of piperidine rings is 2. The molecule has 42 heavy (non-hydrogen) atoms. The second-order valence-electron chi connectivity index (χ2n) is 12.3. The van der Waals surface area contributed by atoms with Crippen molar-refractivity contribution in [3.8, 4) is 0 Å². The summed E-state index contributed by atoms with van der Waals surface area (Å²) < 4.78 is 0. The van der Waals surface area contributed by atoms with Gasteiger partial charge in [0.1, 0.15) is 6.04 Å². The van der Waals surface area contributed by atoms with E-state index in [4.69, 9.17) is 0 Å². The predicted molar refractivity (Wildman–Crippen MR) is 155 cm³/mol. The minimum Gasteiger partial charge on any atom is -0.369 e. The molecule has 226 valence electrons. The topological polar surface area (TPSA) is 126 Å². The molecule has 4 fully saturated rings. The molecule has 5 heterocycles. The lowest BCUT2D eigenvalue weighted by molar-refractivity contribution is -0.136. The average molecular weight is 580 g/mol. The number of amides is 5. The van der Waals surface area contributed by atoms with Crippen LogP contribution in [-0.4, -0.2) is 133 Å². The number of rotatable bonds is 6. The molecule has 2 N–H and O–H groups in total. The van der Waals surface area contributed by atoms with Crippen molar-refractivity contribution in [3.63, 3.8) is 0 Å².